The largest absolute Gasteiger partial charge is 0.467 e. The number of ether oxygens (including phenoxy) is 2. The molecule has 1 N–H and O–H groups in total. The first-order chi connectivity index (χ1) is 8.68. The molecule has 1 atom stereocenters. The molecule has 0 aliphatic carbocycles. The predicted molar refractivity (Wildman–Crippen MR) is 68.6 cm³/mol. The van der Waals surface area contributed by atoms with Crippen LogP contribution >= 0.6 is 0 Å². The van der Waals surface area contributed by atoms with Gasteiger partial charge in [0.05, 0.1) is 13.7 Å². The summed E-state index contributed by atoms with van der Waals surface area (Å²) >= 11 is 0. The Kier molecular flexibility index (Phi) is 4.79. The maximum atomic E-state index is 12.0. The number of β-amino-alcohol motifs (C(OH)–C–C–N with tert-alkyl or cyclic N) is 1. The summed E-state index contributed by atoms with van der Waals surface area (Å²) in [5.74, 6) is -0.706. The first-order valence-corrected chi connectivity index (χ1v) is 6.47. The number of nitrogens with zero attached hydrogens (tertiary/aromatic N) is 1. The molecule has 1 heterocycles. The Morgan fingerprint density at radius 3 is 2.42 bits per heavy atom. The van der Waals surface area contributed by atoms with Gasteiger partial charge in [-0.1, -0.05) is 0 Å². The van der Waals surface area contributed by atoms with Crippen LogP contribution in [0.2, 0.25) is 0 Å². The third-order valence-corrected chi connectivity index (χ3v) is 2.94. The second kappa shape index (κ2) is 5.77. The van der Waals surface area contributed by atoms with Gasteiger partial charge in [-0.15, -0.1) is 0 Å². The van der Waals surface area contributed by atoms with E-state index in [0.29, 0.717) is 19.4 Å². The van der Waals surface area contributed by atoms with Gasteiger partial charge >= 0.3 is 12.1 Å². The predicted octanol–water partition coefficient (Wildman–Crippen LogP) is 1.31. The van der Waals surface area contributed by atoms with E-state index in [1.54, 1.807) is 20.8 Å². The number of carbonyl (C=O) groups excluding carboxylic acids is 2. The molecule has 1 unspecified atom stereocenters. The van der Waals surface area contributed by atoms with Crippen LogP contribution in [-0.2, 0) is 14.3 Å². The van der Waals surface area contributed by atoms with Gasteiger partial charge in [-0.2, -0.15) is 0 Å². The van der Waals surface area contributed by atoms with E-state index in [1.807, 2.05) is 0 Å². The molecule has 1 amide bonds. The fourth-order valence-corrected chi connectivity index (χ4v) is 2.03. The quantitative estimate of drug-likeness (QED) is 0.729. The van der Waals surface area contributed by atoms with Crippen LogP contribution < -0.4 is 0 Å². The van der Waals surface area contributed by atoms with Crippen molar-refractivity contribution in [1.29, 1.82) is 0 Å². The number of likely N-dealkylation sites (tertiary alicyclic amines) is 1. The molecular weight excluding hydrogens is 250 g/mol. The minimum atomic E-state index is -1.64. The number of esters is 1. The first-order valence-electron chi connectivity index (χ1n) is 6.47. The zero-order chi connectivity index (χ0) is 14.7. The number of hydrogen-bond acceptors (Lipinski definition) is 5. The summed E-state index contributed by atoms with van der Waals surface area (Å²) in [4.78, 5) is 25.0. The fourth-order valence-electron chi connectivity index (χ4n) is 2.03. The van der Waals surface area contributed by atoms with E-state index in [4.69, 9.17) is 4.74 Å². The van der Waals surface area contributed by atoms with Gasteiger partial charge in [0.25, 0.3) is 0 Å². The van der Waals surface area contributed by atoms with Crippen molar-refractivity contribution in [3.63, 3.8) is 0 Å². The lowest BCUT2D eigenvalue weighted by Crippen LogP contribution is -2.51. The summed E-state index contributed by atoms with van der Waals surface area (Å²) in [6.07, 6.45) is 1.15. The molecule has 0 saturated carbocycles. The summed E-state index contributed by atoms with van der Waals surface area (Å²) in [5, 5.41) is 10.3. The Bertz CT molecular complexity index is 349. The smallest absolute Gasteiger partial charge is 0.410 e. The maximum absolute atomic E-state index is 12.0. The van der Waals surface area contributed by atoms with Gasteiger partial charge < -0.3 is 19.5 Å². The van der Waals surface area contributed by atoms with Crippen LogP contribution in [-0.4, -0.2) is 53.5 Å². The van der Waals surface area contributed by atoms with E-state index in [0.717, 1.165) is 6.42 Å². The van der Waals surface area contributed by atoms with Crippen molar-refractivity contribution in [1.82, 2.24) is 4.90 Å². The van der Waals surface area contributed by atoms with Crippen LogP contribution in [0.25, 0.3) is 0 Å². The average molecular weight is 273 g/mol. The molecule has 0 bridgehead atoms. The van der Waals surface area contributed by atoms with Gasteiger partial charge in [0.1, 0.15) is 5.60 Å². The van der Waals surface area contributed by atoms with Crippen molar-refractivity contribution in [2.45, 2.75) is 51.2 Å². The normalized spacial score (nSPS) is 24.6. The highest BCUT2D eigenvalue weighted by Gasteiger charge is 2.42. The Labute approximate surface area is 113 Å². The number of carbonyl (C=O) groups is 2. The van der Waals surface area contributed by atoms with Crippen molar-refractivity contribution in [2.24, 2.45) is 0 Å². The molecule has 1 saturated heterocycles. The highest BCUT2D eigenvalue weighted by atomic mass is 16.6. The van der Waals surface area contributed by atoms with Crippen molar-refractivity contribution >= 4 is 12.1 Å². The molecule has 1 rings (SSSR count). The SMILES string of the molecule is COC(=O)C1(O)CCCCN(C(=O)OC(C)(C)C)C1. The number of methoxy groups -OCH3 is 1. The Balaban J connectivity index is 2.79. The van der Waals surface area contributed by atoms with Crippen molar-refractivity contribution in [3.05, 3.63) is 0 Å². The second-order valence-electron chi connectivity index (χ2n) is 5.88. The first kappa shape index (κ1) is 15.8. The third-order valence-electron chi connectivity index (χ3n) is 2.94. The topological polar surface area (TPSA) is 76.1 Å². The highest BCUT2D eigenvalue weighted by molar-refractivity contribution is 5.80. The van der Waals surface area contributed by atoms with Crippen LogP contribution in [0.3, 0.4) is 0 Å². The molecule has 1 aliphatic rings. The van der Waals surface area contributed by atoms with Gasteiger partial charge in [0.15, 0.2) is 5.60 Å². The van der Waals surface area contributed by atoms with Crippen LogP contribution in [0.1, 0.15) is 40.0 Å². The number of hydrogen-bond donors (Lipinski definition) is 1. The molecular formula is C13H23NO5. The Morgan fingerprint density at radius 1 is 1.26 bits per heavy atom. The van der Waals surface area contributed by atoms with Crippen LogP contribution in [0.15, 0.2) is 0 Å². The number of rotatable bonds is 1. The molecule has 1 fully saturated rings. The van der Waals surface area contributed by atoms with Crippen LogP contribution in [0.5, 0.6) is 0 Å². The summed E-state index contributed by atoms with van der Waals surface area (Å²) in [6, 6.07) is 0. The minimum absolute atomic E-state index is 0.0887. The number of amides is 1. The third kappa shape index (κ3) is 4.38. The van der Waals surface area contributed by atoms with Gasteiger partial charge in [-0.05, 0) is 40.0 Å². The zero-order valence-corrected chi connectivity index (χ0v) is 12.1. The highest BCUT2D eigenvalue weighted by Crippen LogP contribution is 2.23. The van der Waals surface area contributed by atoms with Crippen LogP contribution in [0, 0.1) is 0 Å². The fraction of sp³-hybridized carbons (Fsp3) is 0.846. The van der Waals surface area contributed by atoms with E-state index in [-0.39, 0.29) is 6.54 Å². The molecule has 0 aromatic rings. The average Bonchev–Trinajstić information content (AvgIpc) is 2.49. The summed E-state index contributed by atoms with van der Waals surface area (Å²) < 4.78 is 9.87. The van der Waals surface area contributed by atoms with E-state index in [1.165, 1.54) is 12.0 Å². The molecule has 1 aliphatic heterocycles. The minimum Gasteiger partial charge on any atom is -0.467 e. The lowest BCUT2D eigenvalue weighted by Gasteiger charge is -2.31. The standard InChI is InChI=1S/C13H23NO5/c1-12(2,3)19-11(16)14-8-6-5-7-13(17,9-14)10(15)18-4/h17H,5-9H2,1-4H3. The van der Waals surface area contributed by atoms with Gasteiger partial charge in [-0.25, -0.2) is 9.59 Å². The van der Waals surface area contributed by atoms with E-state index >= 15 is 0 Å². The monoisotopic (exact) mass is 273 g/mol. The van der Waals surface area contributed by atoms with E-state index < -0.39 is 23.3 Å². The molecule has 6 nitrogen and oxygen atoms in total. The summed E-state index contributed by atoms with van der Waals surface area (Å²) in [7, 11) is 1.23. The second-order valence-corrected chi connectivity index (χ2v) is 5.88. The lowest BCUT2D eigenvalue weighted by atomic mass is 9.98. The molecule has 0 aromatic heterocycles. The number of aliphatic hydroxyl groups is 1. The maximum Gasteiger partial charge on any atom is 0.410 e. The molecule has 0 radical (unpaired) electrons. The molecule has 19 heavy (non-hydrogen) atoms. The molecule has 0 aromatic carbocycles. The Morgan fingerprint density at radius 2 is 1.89 bits per heavy atom. The van der Waals surface area contributed by atoms with E-state index in [9.17, 15) is 14.7 Å². The van der Waals surface area contributed by atoms with Crippen molar-refractivity contribution < 1.29 is 24.2 Å². The Hall–Kier alpha value is -1.30. The van der Waals surface area contributed by atoms with Gasteiger partial charge in [-0.3, -0.25) is 0 Å². The summed E-state index contributed by atoms with van der Waals surface area (Å²) in [6.45, 7) is 5.70. The van der Waals surface area contributed by atoms with E-state index in [2.05, 4.69) is 4.74 Å². The summed E-state index contributed by atoms with van der Waals surface area (Å²) in [5.41, 5.74) is -2.24. The lowest BCUT2D eigenvalue weighted by molar-refractivity contribution is -0.164. The zero-order valence-electron chi connectivity index (χ0n) is 12.1. The van der Waals surface area contributed by atoms with Gasteiger partial charge in [0.2, 0.25) is 0 Å². The molecule has 0 spiro atoms. The van der Waals surface area contributed by atoms with Crippen LogP contribution in [0.4, 0.5) is 4.79 Å². The molecule has 6 heteroatoms. The van der Waals surface area contributed by atoms with Crippen molar-refractivity contribution in [2.75, 3.05) is 20.2 Å². The van der Waals surface area contributed by atoms with Gasteiger partial charge in [0, 0.05) is 6.54 Å². The molecule has 110 valence electrons. The van der Waals surface area contributed by atoms with Crippen molar-refractivity contribution in [3.8, 4) is 0 Å².